The monoisotopic (exact) mass is 554 g/mol. The SMILES string of the molecule is Cc1cc2cc3c(cc2cc1OCCCCCCCCN1CCN(c2ncccn2)CC1)N=C[C@@H]1CCCN1C3=O. The van der Waals surface area contributed by atoms with Crippen LogP contribution in [-0.4, -0.2) is 83.8 Å². The van der Waals surface area contributed by atoms with Crippen molar-refractivity contribution in [1.29, 1.82) is 0 Å². The van der Waals surface area contributed by atoms with Gasteiger partial charge in [-0.05, 0) is 85.8 Å². The second kappa shape index (κ2) is 13.0. The Bertz CT molecular complexity index is 1370. The molecular formula is C33H42N6O2. The number of aliphatic imine (C=N–C) groups is 1. The van der Waals surface area contributed by atoms with Crippen LogP contribution in [0.15, 0.2) is 47.7 Å². The van der Waals surface area contributed by atoms with Crippen LogP contribution in [0.4, 0.5) is 11.6 Å². The molecule has 0 unspecified atom stereocenters. The van der Waals surface area contributed by atoms with Gasteiger partial charge in [-0.2, -0.15) is 0 Å². The molecule has 0 radical (unpaired) electrons. The summed E-state index contributed by atoms with van der Waals surface area (Å²) < 4.78 is 6.21. The number of aryl methyl sites for hydroxylation is 1. The van der Waals surface area contributed by atoms with E-state index in [1.807, 2.05) is 41.7 Å². The standard InChI is InChI=1S/C33H42N6O2/c1-25-20-26-21-29-30(36-24-28-10-8-14-39(28)32(29)40)22-27(26)23-31(25)41-19-7-5-3-2-4-6-13-37-15-17-38(18-16-37)33-34-11-9-12-35-33/h9,11-12,20-24,28H,2-8,10,13-19H2,1H3/t28-/m0/s1. The minimum absolute atomic E-state index is 0.108. The van der Waals surface area contributed by atoms with E-state index in [4.69, 9.17) is 9.73 Å². The van der Waals surface area contributed by atoms with Gasteiger partial charge in [-0.3, -0.25) is 14.7 Å². The van der Waals surface area contributed by atoms with Crippen molar-refractivity contribution in [1.82, 2.24) is 19.8 Å². The number of amides is 1. The second-order valence-corrected chi connectivity index (χ2v) is 11.7. The first-order valence-electron chi connectivity index (χ1n) is 15.5. The summed E-state index contributed by atoms with van der Waals surface area (Å²) in [5.41, 5.74) is 2.60. The first-order valence-corrected chi connectivity index (χ1v) is 15.5. The number of fused-ring (bicyclic) bond motifs is 3. The van der Waals surface area contributed by atoms with Gasteiger partial charge < -0.3 is 14.5 Å². The van der Waals surface area contributed by atoms with Crippen LogP contribution in [0.5, 0.6) is 5.75 Å². The summed E-state index contributed by atoms with van der Waals surface area (Å²) in [4.78, 5) is 33.4. The smallest absolute Gasteiger partial charge is 0.256 e. The van der Waals surface area contributed by atoms with Gasteiger partial charge >= 0.3 is 0 Å². The highest BCUT2D eigenvalue weighted by molar-refractivity contribution is 6.06. The number of hydrogen-bond donors (Lipinski definition) is 0. The van der Waals surface area contributed by atoms with E-state index in [1.54, 1.807) is 0 Å². The molecule has 6 rings (SSSR count). The molecule has 0 saturated carbocycles. The van der Waals surface area contributed by atoms with E-state index in [1.165, 1.54) is 38.6 Å². The van der Waals surface area contributed by atoms with Crippen LogP contribution in [0.3, 0.4) is 0 Å². The summed E-state index contributed by atoms with van der Waals surface area (Å²) in [5.74, 6) is 1.89. The molecule has 4 heterocycles. The molecule has 41 heavy (non-hydrogen) atoms. The molecule has 2 fully saturated rings. The summed E-state index contributed by atoms with van der Waals surface area (Å²) in [7, 11) is 0. The van der Waals surface area contributed by atoms with E-state index in [2.05, 4.69) is 38.8 Å². The number of carbonyl (C=O) groups excluding carboxylic acids is 1. The topological polar surface area (TPSA) is 74.2 Å². The number of benzene rings is 2. The Kier molecular flexibility index (Phi) is 8.75. The van der Waals surface area contributed by atoms with E-state index in [0.29, 0.717) is 5.56 Å². The molecule has 216 valence electrons. The Labute approximate surface area is 243 Å². The highest BCUT2D eigenvalue weighted by atomic mass is 16.5. The highest BCUT2D eigenvalue weighted by Gasteiger charge is 2.31. The molecule has 1 amide bonds. The molecule has 8 nitrogen and oxygen atoms in total. The van der Waals surface area contributed by atoms with Crippen LogP contribution >= 0.6 is 0 Å². The van der Waals surface area contributed by atoms with Gasteiger partial charge in [0.1, 0.15) is 5.75 Å². The number of hydrogen-bond acceptors (Lipinski definition) is 7. The van der Waals surface area contributed by atoms with Crippen molar-refractivity contribution in [3.05, 3.63) is 53.9 Å². The molecule has 1 aromatic heterocycles. The summed E-state index contributed by atoms with van der Waals surface area (Å²) in [6, 6.07) is 10.3. The van der Waals surface area contributed by atoms with Crippen molar-refractivity contribution in [2.24, 2.45) is 4.99 Å². The first kappa shape index (κ1) is 27.6. The molecule has 1 atom stereocenters. The number of ether oxygens (including phenoxy) is 1. The normalized spacial score (nSPS) is 19.0. The lowest BCUT2D eigenvalue weighted by Gasteiger charge is -2.34. The molecule has 8 heteroatoms. The fraction of sp³-hybridized carbons (Fsp3) is 0.515. The van der Waals surface area contributed by atoms with Crippen molar-refractivity contribution < 1.29 is 9.53 Å². The Balaban J connectivity index is 0.894. The number of aromatic nitrogens is 2. The number of anilines is 1. The van der Waals surface area contributed by atoms with Crippen molar-refractivity contribution in [3.63, 3.8) is 0 Å². The molecule has 3 aliphatic rings. The molecular weight excluding hydrogens is 512 g/mol. The Morgan fingerprint density at radius 1 is 0.878 bits per heavy atom. The average molecular weight is 555 g/mol. The second-order valence-electron chi connectivity index (χ2n) is 11.7. The lowest BCUT2D eigenvalue weighted by Crippen LogP contribution is -2.47. The van der Waals surface area contributed by atoms with Crippen LogP contribution < -0.4 is 9.64 Å². The summed E-state index contributed by atoms with van der Waals surface area (Å²) in [6.07, 6.45) is 15.0. The van der Waals surface area contributed by atoms with Crippen LogP contribution in [0.1, 0.15) is 67.3 Å². The third kappa shape index (κ3) is 6.53. The van der Waals surface area contributed by atoms with E-state index < -0.39 is 0 Å². The van der Waals surface area contributed by atoms with Crippen LogP contribution in [0, 0.1) is 6.92 Å². The molecule has 0 spiro atoms. The van der Waals surface area contributed by atoms with Gasteiger partial charge in [0.25, 0.3) is 5.91 Å². The summed E-state index contributed by atoms with van der Waals surface area (Å²) >= 11 is 0. The zero-order chi connectivity index (χ0) is 28.0. The van der Waals surface area contributed by atoms with E-state index in [-0.39, 0.29) is 11.9 Å². The van der Waals surface area contributed by atoms with E-state index >= 15 is 0 Å². The number of carbonyl (C=O) groups is 1. The molecule has 3 aromatic rings. The summed E-state index contributed by atoms with van der Waals surface area (Å²) in [6.45, 7) is 9.04. The molecule has 0 aliphatic carbocycles. The maximum absolute atomic E-state index is 13.1. The van der Waals surface area contributed by atoms with Gasteiger partial charge in [-0.25, -0.2) is 9.97 Å². The van der Waals surface area contributed by atoms with Crippen LogP contribution in [0.2, 0.25) is 0 Å². The van der Waals surface area contributed by atoms with Gasteiger partial charge in [-0.15, -0.1) is 0 Å². The highest BCUT2D eigenvalue weighted by Crippen LogP contribution is 2.35. The minimum Gasteiger partial charge on any atom is -0.493 e. The fourth-order valence-electron chi connectivity index (χ4n) is 6.34. The van der Waals surface area contributed by atoms with Crippen LogP contribution in [0.25, 0.3) is 10.8 Å². The fourth-order valence-corrected chi connectivity index (χ4v) is 6.34. The van der Waals surface area contributed by atoms with E-state index in [0.717, 1.165) is 92.3 Å². The number of nitrogens with zero attached hydrogens (tertiary/aromatic N) is 6. The largest absolute Gasteiger partial charge is 0.493 e. The van der Waals surface area contributed by atoms with Gasteiger partial charge in [-0.1, -0.05) is 25.7 Å². The zero-order valence-electron chi connectivity index (χ0n) is 24.3. The third-order valence-corrected chi connectivity index (χ3v) is 8.76. The summed E-state index contributed by atoms with van der Waals surface area (Å²) in [5, 5.41) is 2.15. The molecule has 3 aliphatic heterocycles. The molecule has 2 aromatic carbocycles. The number of unbranched alkanes of at least 4 members (excludes halogenated alkanes) is 5. The lowest BCUT2D eigenvalue weighted by molar-refractivity contribution is 0.0775. The molecule has 2 saturated heterocycles. The number of piperazine rings is 1. The molecule has 0 N–H and O–H groups in total. The maximum atomic E-state index is 13.1. The maximum Gasteiger partial charge on any atom is 0.256 e. The van der Waals surface area contributed by atoms with Crippen molar-refractivity contribution in [2.45, 2.75) is 64.3 Å². The minimum atomic E-state index is 0.108. The van der Waals surface area contributed by atoms with E-state index in [9.17, 15) is 4.79 Å². The third-order valence-electron chi connectivity index (χ3n) is 8.76. The van der Waals surface area contributed by atoms with Gasteiger partial charge in [0.05, 0.1) is 23.9 Å². The quantitative estimate of drug-likeness (QED) is 0.279. The predicted octanol–water partition coefficient (Wildman–Crippen LogP) is 5.80. The van der Waals surface area contributed by atoms with Crippen molar-refractivity contribution in [3.8, 4) is 5.75 Å². The van der Waals surface area contributed by atoms with Gasteiger partial charge in [0, 0.05) is 51.3 Å². The zero-order valence-corrected chi connectivity index (χ0v) is 24.3. The lowest BCUT2D eigenvalue weighted by atomic mass is 10.0. The molecule has 0 bridgehead atoms. The Morgan fingerprint density at radius 2 is 1.63 bits per heavy atom. The van der Waals surface area contributed by atoms with Crippen LogP contribution in [-0.2, 0) is 0 Å². The Hall–Kier alpha value is -3.52. The van der Waals surface area contributed by atoms with Gasteiger partial charge in [0.2, 0.25) is 5.95 Å². The predicted molar refractivity (Wildman–Crippen MR) is 165 cm³/mol. The van der Waals surface area contributed by atoms with Crippen molar-refractivity contribution >= 4 is 34.5 Å². The first-order chi connectivity index (χ1) is 20.2. The number of rotatable bonds is 11. The van der Waals surface area contributed by atoms with Crippen molar-refractivity contribution in [2.75, 3.05) is 50.8 Å². The average Bonchev–Trinajstić information content (AvgIpc) is 3.44. The Morgan fingerprint density at radius 3 is 2.46 bits per heavy atom. The van der Waals surface area contributed by atoms with Gasteiger partial charge in [0.15, 0.2) is 0 Å².